The van der Waals surface area contributed by atoms with E-state index in [2.05, 4.69) is 13.8 Å². The zero-order chi connectivity index (χ0) is 23.5. The minimum Gasteiger partial charge on any atom is -0.326 e. The molecule has 0 fully saturated rings. The van der Waals surface area contributed by atoms with Crippen molar-refractivity contribution in [3.05, 3.63) is 0 Å². The monoisotopic (exact) mass is 500 g/mol. The van der Waals surface area contributed by atoms with Gasteiger partial charge in [0.25, 0.3) is 0 Å². The topological polar surface area (TPSA) is 86.2 Å². The fourth-order valence-corrected chi connectivity index (χ4v) is 5.96. The summed E-state index contributed by atoms with van der Waals surface area (Å²) in [6.45, 7) is 4.42. The first-order chi connectivity index (χ1) is 14.7. The van der Waals surface area contributed by atoms with E-state index in [1.807, 2.05) is 0 Å². The summed E-state index contributed by atoms with van der Waals surface area (Å²) in [5.41, 5.74) is 12.3. The zero-order valence-electron chi connectivity index (χ0n) is 20.2. The highest BCUT2D eigenvalue weighted by molar-refractivity contribution is 7.91. The van der Waals surface area contributed by atoms with Gasteiger partial charge in [0.05, 0.1) is 11.5 Å². The molecule has 4 nitrogen and oxygen atoms in total. The second kappa shape index (κ2) is 19.9. The second-order valence-corrected chi connectivity index (χ2v) is 12.6. The molecule has 0 aromatic heterocycles. The van der Waals surface area contributed by atoms with E-state index in [0.717, 1.165) is 25.7 Å². The maximum absolute atomic E-state index is 12.4. The molecule has 188 valence electrons. The number of alkyl halides is 2. The Morgan fingerprint density at radius 3 is 1.26 bits per heavy atom. The summed E-state index contributed by atoms with van der Waals surface area (Å²) in [4.78, 5) is 0. The van der Waals surface area contributed by atoms with Gasteiger partial charge in [-0.2, -0.15) is 0 Å². The maximum Gasteiger partial charge on any atom is 0.150 e. The van der Waals surface area contributed by atoms with Crippen LogP contribution in [0.1, 0.15) is 117 Å². The molecule has 0 bridgehead atoms. The predicted octanol–water partition coefficient (Wildman–Crippen LogP) is 6.55. The van der Waals surface area contributed by atoms with E-state index in [0.29, 0.717) is 12.8 Å². The predicted molar refractivity (Wildman–Crippen MR) is 139 cm³/mol. The minimum atomic E-state index is -3.19. The van der Waals surface area contributed by atoms with Gasteiger partial charge < -0.3 is 11.5 Å². The van der Waals surface area contributed by atoms with Crippen LogP contribution in [-0.2, 0) is 9.84 Å². The molecule has 0 radical (unpaired) electrons. The van der Waals surface area contributed by atoms with Crippen molar-refractivity contribution in [3.63, 3.8) is 0 Å². The number of nitrogens with two attached hydrogens (primary N) is 2. The van der Waals surface area contributed by atoms with Crippen molar-refractivity contribution in [2.75, 3.05) is 11.5 Å². The molecule has 31 heavy (non-hydrogen) atoms. The smallest absolute Gasteiger partial charge is 0.150 e. The maximum atomic E-state index is 12.4. The summed E-state index contributed by atoms with van der Waals surface area (Å²) in [6.07, 6.45) is 17.1. The molecular weight excluding hydrogens is 451 g/mol. The van der Waals surface area contributed by atoms with Crippen molar-refractivity contribution in [3.8, 4) is 0 Å². The molecule has 4 atom stereocenters. The highest BCUT2D eigenvalue weighted by Crippen LogP contribution is 2.18. The largest absolute Gasteiger partial charge is 0.326 e. The van der Waals surface area contributed by atoms with Gasteiger partial charge in [-0.1, -0.05) is 90.9 Å². The number of hydrogen-bond donors (Lipinski definition) is 2. The summed E-state index contributed by atoms with van der Waals surface area (Å²) in [7, 11) is -3.19. The fourth-order valence-electron chi connectivity index (χ4n) is 3.80. The molecule has 0 heterocycles. The lowest BCUT2D eigenvalue weighted by atomic mass is 10.0. The summed E-state index contributed by atoms with van der Waals surface area (Å²) in [6, 6.07) is -0.288. The van der Waals surface area contributed by atoms with E-state index in [1.54, 1.807) is 0 Å². The molecule has 0 aromatic carbocycles. The molecule has 0 rings (SSSR count). The van der Waals surface area contributed by atoms with E-state index in [1.165, 1.54) is 64.2 Å². The summed E-state index contributed by atoms with van der Waals surface area (Å²) < 4.78 is 24.8. The molecule has 0 saturated heterocycles. The van der Waals surface area contributed by atoms with Crippen molar-refractivity contribution < 1.29 is 8.42 Å². The van der Waals surface area contributed by atoms with E-state index in [9.17, 15) is 8.42 Å². The third kappa shape index (κ3) is 18.6. The SMILES string of the molecule is CCCCCCCCC(N)C(Cl)CCS(=O)(=O)CCC(Cl)C(N)CCCCCCCC. The van der Waals surface area contributed by atoms with Crippen molar-refractivity contribution >= 4 is 33.0 Å². The summed E-state index contributed by atoms with van der Waals surface area (Å²) in [5.74, 6) is 0.142. The fraction of sp³-hybridized carbons (Fsp3) is 1.00. The lowest BCUT2D eigenvalue weighted by Crippen LogP contribution is -2.34. The average molecular weight is 502 g/mol. The van der Waals surface area contributed by atoms with Gasteiger partial charge in [-0.25, -0.2) is 8.42 Å². The molecule has 0 amide bonds. The number of rotatable bonds is 22. The first-order valence-corrected chi connectivity index (χ1v) is 15.4. The van der Waals surface area contributed by atoms with E-state index in [-0.39, 0.29) is 34.3 Å². The van der Waals surface area contributed by atoms with Gasteiger partial charge >= 0.3 is 0 Å². The number of halogens is 2. The highest BCUT2D eigenvalue weighted by Gasteiger charge is 2.22. The standard InChI is InChI=1S/C24H50Cl2N2O2S/c1-3-5-7-9-11-13-15-23(27)21(25)17-19-31(29,30)20-18-22(26)24(28)16-14-12-10-8-6-4-2/h21-24H,3-20,27-28H2,1-2H3. The molecule has 7 heteroatoms. The van der Waals surface area contributed by atoms with Crippen molar-refractivity contribution in [2.45, 2.75) is 139 Å². The molecule has 0 spiro atoms. The molecule has 0 aromatic rings. The van der Waals surface area contributed by atoms with Gasteiger partial charge in [0.1, 0.15) is 9.84 Å². The lowest BCUT2D eigenvalue weighted by molar-refractivity contribution is 0.507. The van der Waals surface area contributed by atoms with Gasteiger partial charge in [-0.05, 0) is 25.7 Å². The summed E-state index contributed by atoms with van der Waals surface area (Å²) in [5, 5.41) is -0.598. The zero-order valence-corrected chi connectivity index (χ0v) is 22.5. The Morgan fingerprint density at radius 2 is 0.903 bits per heavy atom. The molecule has 4 N–H and O–H groups in total. The Kier molecular flexibility index (Phi) is 20.2. The quantitative estimate of drug-likeness (QED) is 0.130. The van der Waals surface area contributed by atoms with Crippen LogP contribution < -0.4 is 11.5 Å². The van der Waals surface area contributed by atoms with Crippen LogP contribution in [0.15, 0.2) is 0 Å². The van der Waals surface area contributed by atoms with E-state index < -0.39 is 9.84 Å². The van der Waals surface area contributed by atoms with Crippen LogP contribution in [0.3, 0.4) is 0 Å². The molecule has 0 aliphatic rings. The van der Waals surface area contributed by atoms with Crippen LogP contribution in [0, 0.1) is 0 Å². The van der Waals surface area contributed by atoms with Crippen molar-refractivity contribution in [1.82, 2.24) is 0 Å². The van der Waals surface area contributed by atoms with Crippen LogP contribution in [-0.4, -0.2) is 42.8 Å². The van der Waals surface area contributed by atoms with Crippen molar-refractivity contribution in [1.29, 1.82) is 0 Å². The molecule has 0 saturated carbocycles. The molecular formula is C24H50Cl2N2O2S. The van der Waals surface area contributed by atoms with Crippen molar-refractivity contribution in [2.24, 2.45) is 11.5 Å². The second-order valence-electron chi connectivity index (χ2n) is 9.20. The molecule has 0 aliphatic carbocycles. The number of hydrogen-bond acceptors (Lipinski definition) is 4. The lowest BCUT2D eigenvalue weighted by Gasteiger charge is -2.19. The molecule has 4 unspecified atom stereocenters. The third-order valence-corrected chi connectivity index (χ3v) is 8.92. The number of sulfone groups is 1. The van der Waals surface area contributed by atoms with Crippen LogP contribution >= 0.6 is 23.2 Å². The molecule has 0 aliphatic heterocycles. The van der Waals surface area contributed by atoms with Gasteiger partial charge in [-0.3, -0.25) is 0 Å². The Morgan fingerprint density at radius 1 is 0.581 bits per heavy atom. The van der Waals surface area contributed by atoms with Crippen LogP contribution in [0.2, 0.25) is 0 Å². The Bertz CT molecular complexity index is 468. The Balaban J connectivity index is 3.99. The van der Waals surface area contributed by atoms with Gasteiger partial charge in [0, 0.05) is 22.8 Å². The number of unbranched alkanes of at least 4 members (excludes halogenated alkanes) is 10. The third-order valence-electron chi connectivity index (χ3n) is 6.12. The van der Waals surface area contributed by atoms with Gasteiger partial charge in [0.2, 0.25) is 0 Å². The average Bonchev–Trinajstić information content (AvgIpc) is 2.74. The first kappa shape index (κ1) is 31.4. The highest BCUT2D eigenvalue weighted by atomic mass is 35.5. The van der Waals surface area contributed by atoms with Crippen LogP contribution in [0.5, 0.6) is 0 Å². The normalized spacial score (nSPS) is 16.2. The van der Waals surface area contributed by atoms with E-state index in [4.69, 9.17) is 34.7 Å². The van der Waals surface area contributed by atoms with Crippen LogP contribution in [0.4, 0.5) is 0 Å². The van der Waals surface area contributed by atoms with E-state index >= 15 is 0 Å². The Hall–Kier alpha value is 0.450. The van der Waals surface area contributed by atoms with Gasteiger partial charge in [0.15, 0.2) is 0 Å². The Labute approximate surface area is 203 Å². The van der Waals surface area contributed by atoms with Crippen LogP contribution in [0.25, 0.3) is 0 Å². The van der Waals surface area contributed by atoms with Gasteiger partial charge in [-0.15, -0.1) is 23.2 Å². The first-order valence-electron chi connectivity index (χ1n) is 12.7. The summed E-state index contributed by atoms with van der Waals surface area (Å²) >= 11 is 12.8. The minimum absolute atomic E-state index is 0.0711.